The van der Waals surface area contributed by atoms with E-state index in [4.69, 9.17) is 0 Å². The number of alkyl halides is 9. The number of carbonyl (C=O) groups is 2. The first kappa shape index (κ1) is 37.7. The summed E-state index contributed by atoms with van der Waals surface area (Å²) in [4.78, 5) is 29.1. The van der Waals surface area contributed by atoms with E-state index in [0.717, 1.165) is 16.9 Å². The number of carbonyl (C=O) groups excluding carboxylic acids is 1. The number of aliphatic carboxylic acids is 1. The number of fused-ring (bicyclic) bond motifs is 1. The fraction of sp³-hybridized carbons (Fsp3) is 0.531. The van der Waals surface area contributed by atoms with E-state index < -0.39 is 71.7 Å². The summed E-state index contributed by atoms with van der Waals surface area (Å²) in [6, 6.07) is 2.64. The molecule has 2 aliphatic rings. The van der Waals surface area contributed by atoms with Crippen LogP contribution in [-0.2, 0) is 35.5 Å². The lowest BCUT2D eigenvalue weighted by Crippen LogP contribution is -2.50. The monoisotopic (exact) mass is 736 g/mol. The quantitative estimate of drug-likeness (QED) is 0.223. The van der Waals surface area contributed by atoms with Crippen LogP contribution in [0.25, 0.3) is 0 Å². The number of rotatable bonds is 9. The number of tetrazole rings is 1. The molecule has 1 aromatic heterocycles. The second-order valence-electron chi connectivity index (χ2n) is 12.7. The Morgan fingerprint density at radius 1 is 0.941 bits per heavy atom. The van der Waals surface area contributed by atoms with Gasteiger partial charge in [0.2, 0.25) is 5.91 Å². The van der Waals surface area contributed by atoms with Gasteiger partial charge in [0.05, 0.1) is 24.2 Å². The van der Waals surface area contributed by atoms with E-state index in [-0.39, 0.29) is 47.9 Å². The number of hydrogen-bond donors (Lipinski definition) is 1. The third-order valence-corrected chi connectivity index (χ3v) is 9.21. The van der Waals surface area contributed by atoms with Gasteiger partial charge in [0.15, 0.2) is 0 Å². The molecule has 2 aromatic carbocycles. The van der Waals surface area contributed by atoms with E-state index in [2.05, 4.69) is 20.1 Å². The molecule has 1 amide bonds. The molecule has 1 aliphatic carbocycles. The van der Waals surface area contributed by atoms with Gasteiger partial charge in [0.1, 0.15) is 5.75 Å². The van der Waals surface area contributed by atoms with Gasteiger partial charge in [0.25, 0.3) is 5.95 Å². The summed E-state index contributed by atoms with van der Waals surface area (Å²) < 4.78 is 127. The van der Waals surface area contributed by atoms with Crippen LogP contribution >= 0.6 is 0 Å². The van der Waals surface area contributed by atoms with Crippen molar-refractivity contribution in [3.8, 4) is 5.75 Å². The molecule has 0 spiro atoms. The minimum Gasteiger partial charge on any atom is -0.481 e. The van der Waals surface area contributed by atoms with Gasteiger partial charge in [-0.05, 0) is 91.6 Å². The van der Waals surface area contributed by atoms with Crippen LogP contribution in [-0.4, -0.2) is 49.6 Å². The summed E-state index contributed by atoms with van der Waals surface area (Å²) in [7, 11) is 1.37. The van der Waals surface area contributed by atoms with E-state index in [1.165, 1.54) is 22.9 Å². The summed E-state index contributed by atoms with van der Waals surface area (Å²) >= 11 is 0. The number of amides is 1. The van der Waals surface area contributed by atoms with Gasteiger partial charge in [-0.3, -0.25) is 9.59 Å². The molecule has 0 bridgehead atoms. The van der Waals surface area contributed by atoms with Gasteiger partial charge in [0, 0.05) is 36.2 Å². The van der Waals surface area contributed by atoms with Crippen molar-refractivity contribution in [2.45, 2.75) is 89.2 Å². The van der Waals surface area contributed by atoms with Crippen molar-refractivity contribution >= 4 is 23.5 Å². The van der Waals surface area contributed by atoms with E-state index in [1.807, 2.05) is 0 Å². The smallest absolute Gasteiger partial charge is 0.481 e. The Morgan fingerprint density at radius 3 is 2.08 bits per heavy atom. The fourth-order valence-corrected chi connectivity index (χ4v) is 6.92. The predicted octanol–water partition coefficient (Wildman–Crippen LogP) is 7.69. The first-order chi connectivity index (χ1) is 23.7. The molecule has 5 rings (SSSR count). The number of benzene rings is 2. The lowest BCUT2D eigenvalue weighted by atomic mass is 9.79. The summed E-state index contributed by atoms with van der Waals surface area (Å²) in [5.41, 5.74) is -3.35. The molecule has 3 aromatic rings. The number of aromatic nitrogens is 4. The zero-order chi connectivity index (χ0) is 37.5. The van der Waals surface area contributed by atoms with Gasteiger partial charge in [-0.25, -0.2) is 0 Å². The third kappa shape index (κ3) is 8.84. The van der Waals surface area contributed by atoms with Crippen molar-refractivity contribution in [1.82, 2.24) is 20.2 Å². The highest BCUT2D eigenvalue weighted by molar-refractivity contribution is 5.97. The van der Waals surface area contributed by atoms with Crippen LogP contribution < -0.4 is 14.5 Å². The number of halogens is 9. The highest BCUT2D eigenvalue weighted by Gasteiger charge is 2.43. The van der Waals surface area contributed by atoms with Crippen molar-refractivity contribution in [3.05, 3.63) is 58.7 Å². The van der Waals surface area contributed by atoms with E-state index in [0.29, 0.717) is 44.2 Å². The van der Waals surface area contributed by atoms with E-state index in [1.54, 1.807) is 6.92 Å². The molecular formula is C32H33F9N6O4. The van der Waals surface area contributed by atoms with Gasteiger partial charge >= 0.3 is 24.7 Å². The Balaban J connectivity index is 1.61. The average molecular weight is 737 g/mol. The van der Waals surface area contributed by atoms with Crippen LogP contribution in [0.4, 0.5) is 51.1 Å². The minimum atomic E-state index is -5.14. The predicted molar refractivity (Wildman–Crippen MR) is 161 cm³/mol. The highest BCUT2D eigenvalue weighted by Crippen LogP contribution is 2.47. The summed E-state index contributed by atoms with van der Waals surface area (Å²) in [6.45, 7) is 1.09. The van der Waals surface area contributed by atoms with Crippen LogP contribution in [0, 0.1) is 11.8 Å². The largest absolute Gasteiger partial charge is 0.573 e. The molecule has 1 unspecified atom stereocenters. The maximum Gasteiger partial charge on any atom is 0.573 e. The molecular weight excluding hydrogens is 703 g/mol. The van der Waals surface area contributed by atoms with Gasteiger partial charge in [-0.2, -0.15) is 31.1 Å². The number of carboxylic acids is 1. The Bertz CT molecular complexity index is 1700. The molecule has 0 radical (unpaired) electrons. The molecule has 278 valence electrons. The van der Waals surface area contributed by atoms with Crippen molar-refractivity contribution in [1.29, 1.82) is 0 Å². The van der Waals surface area contributed by atoms with Gasteiger partial charge < -0.3 is 19.6 Å². The van der Waals surface area contributed by atoms with Crippen molar-refractivity contribution < 1.29 is 58.9 Å². The maximum absolute atomic E-state index is 14.2. The molecule has 0 saturated heterocycles. The first-order valence-corrected chi connectivity index (χ1v) is 16.0. The topological polar surface area (TPSA) is 114 Å². The van der Waals surface area contributed by atoms with Crippen LogP contribution in [0.1, 0.15) is 80.2 Å². The Morgan fingerprint density at radius 2 is 1.57 bits per heavy atom. The zero-order valence-corrected chi connectivity index (χ0v) is 27.2. The standard InChI is InChI=1S/C32H33F9N6O4/c1-3-22-14-26(46(29-42-44-45(2)43-29)16-18-10-20(30(33,34)35)13-21(11-18)31(36,37)38)24-15-23(51-32(39,40)41)8-9-25(24)47(22)28(50)19-6-4-17(5-7-19)12-27(48)49/h8-11,13,15,17,19,22,26H,3-7,12,14,16H2,1-2H3,(H,48,49)/t17-,19-,22-,26?/m1/s1. The zero-order valence-electron chi connectivity index (χ0n) is 27.2. The summed E-state index contributed by atoms with van der Waals surface area (Å²) in [5.74, 6) is -2.85. The van der Waals surface area contributed by atoms with Gasteiger partial charge in [-0.1, -0.05) is 12.0 Å². The maximum atomic E-state index is 14.2. The number of ether oxygens (including phenoxy) is 1. The normalized spacial score (nSPS) is 21.3. The van der Waals surface area contributed by atoms with Crippen molar-refractivity contribution in [2.75, 3.05) is 9.80 Å². The van der Waals surface area contributed by atoms with Crippen LogP contribution in [0.15, 0.2) is 36.4 Å². The second-order valence-corrected chi connectivity index (χ2v) is 12.7. The summed E-state index contributed by atoms with van der Waals surface area (Å²) in [5, 5.41) is 21.0. The SMILES string of the molecule is CC[C@@H]1CC(N(Cc2cc(C(F)(F)F)cc(C(F)(F)F)c2)c2nnn(C)n2)c2cc(OC(F)(F)F)ccc2N1C(=O)[C@H]1CC[C@H](CC(=O)O)CC1. The Hall–Kier alpha value is -4.58. The molecule has 1 saturated carbocycles. The average Bonchev–Trinajstić information content (AvgIpc) is 3.46. The molecule has 2 heterocycles. The van der Waals surface area contributed by atoms with Gasteiger partial charge in [-0.15, -0.1) is 18.3 Å². The Labute approximate surface area is 285 Å². The summed E-state index contributed by atoms with van der Waals surface area (Å²) in [6.07, 6.45) is -13.5. The van der Waals surface area contributed by atoms with Crippen LogP contribution in [0.3, 0.4) is 0 Å². The molecule has 19 heteroatoms. The first-order valence-electron chi connectivity index (χ1n) is 16.0. The van der Waals surface area contributed by atoms with Crippen molar-refractivity contribution in [2.24, 2.45) is 18.9 Å². The minimum absolute atomic E-state index is 0.0170. The third-order valence-electron chi connectivity index (χ3n) is 9.21. The lowest BCUT2D eigenvalue weighted by Gasteiger charge is -2.45. The molecule has 51 heavy (non-hydrogen) atoms. The number of aryl methyl sites for hydroxylation is 1. The fourth-order valence-electron chi connectivity index (χ4n) is 6.92. The lowest BCUT2D eigenvalue weighted by molar-refractivity contribution is -0.274. The van der Waals surface area contributed by atoms with E-state index >= 15 is 0 Å². The second kappa shape index (κ2) is 14.2. The molecule has 2 atom stereocenters. The number of nitrogens with zero attached hydrogens (tertiary/aromatic N) is 6. The number of hydrogen-bond acceptors (Lipinski definition) is 7. The Kier molecular flexibility index (Phi) is 10.5. The van der Waals surface area contributed by atoms with E-state index in [9.17, 15) is 54.2 Å². The van der Waals surface area contributed by atoms with Crippen molar-refractivity contribution in [3.63, 3.8) is 0 Å². The van der Waals surface area contributed by atoms with Crippen LogP contribution in [0.5, 0.6) is 5.75 Å². The molecule has 1 aliphatic heterocycles. The molecule has 1 N–H and O–H groups in total. The number of carboxylic acid groups (broad SMARTS) is 1. The highest BCUT2D eigenvalue weighted by atomic mass is 19.4. The van der Waals surface area contributed by atoms with Crippen LogP contribution in [0.2, 0.25) is 0 Å². The molecule has 1 fully saturated rings. The number of anilines is 2. The molecule has 10 nitrogen and oxygen atoms in total.